The van der Waals surface area contributed by atoms with Gasteiger partial charge < -0.3 is 9.47 Å². The lowest BCUT2D eigenvalue weighted by Gasteiger charge is -2.14. The van der Waals surface area contributed by atoms with Crippen LogP contribution in [0, 0.1) is 15.9 Å². The Morgan fingerprint density at radius 3 is 2.57 bits per heavy atom. The van der Waals surface area contributed by atoms with Crippen LogP contribution in [0.25, 0.3) is 6.08 Å². The molecular weight excluding hydrogens is 523 g/mol. The Hall–Kier alpha value is -3.89. The zero-order valence-corrected chi connectivity index (χ0v) is 21.1. The van der Waals surface area contributed by atoms with Crippen molar-refractivity contribution in [1.29, 1.82) is 0 Å². The lowest BCUT2D eigenvalue weighted by Crippen LogP contribution is -2.27. The number of halogens is 2. The van der Waals surface area contributed by atoms with E-state index >= 15 is 0 Å². The molecule has 11 heteroatoms. The van der Waals surface area contributed by atoms with Gasteiger partial charge >= 0.3 is 0 Å². The van der Waals surface area contributed by atoms with E-state index in [1.165, 1.54) is 18.2 Å². The third-order valence-electron chi connectivity index (χ3n) is 5.35. The normalized spacial score (nSPS) is 14.4. The van der Waals surface area contributed by atoms with Gasteiger partial charge in [0.05, 0.1) is 28.5 Å². The molecule has 190 valence electrons. The summed E-state index contributed by atoms with van der Waals surface area (Å²) in [6.45, 7) is 2.01. The number of imide groups is 1. The zero-order chi connectivity index (χ0) is 26.5. The molecule has 2 amide bonds. The lowest BCUT2D eigenvalue weighted by molar-refractivity contribution is -0.385. The number of nitrogens with zero attached hydrogens (tertiary/aromatic N) is 2. The molecule has 1 aliphatic rings. The molecule has 0 spiro atoms. The molecule has 3 aromatic carbocycles. The molecule has 0 atom stereocenters. The van der Waals surface area contributed by atoms with Crippen LogP contribution < -0.4 is 9.47 Å². The number of rotatable bonds is 9. The fourth-order valence-electron chi connectivity index (χ4n) is 3.58. The van der Waals surface area contributed by atoms with Crippen LogP contribution in [-0.4, -0.2) is 27.6 Å². The highest BCUT2D eigenvalue weighted by Crippen LogP contribution is 2.36. The summed E-state index contributed by atoms with van der Waals surface area (Å²) in [5.74, 6) is -0.254. The van der Waals surface area contributed by atoms with Crippen molar-refractivity contribution < 1.29 is 28.4 Å². The number of benzene rings is 3. The molecule has 0 aliphatic carbocycles. The van der Waals surface area contributed by atoms with E-state index in [1.807, 2.05) is 0 Å². The van der Waals surface area contributed by atoms with Crippen molar-refractivity contribution in [2.45, 2.75) is 20.1 Å². The third-order valence-corrected chi connectivity index (χ3v) is 6.61. The number of amides is 2. The molecule has 0 radical (unpaired) electrons. The van der Waals surface area contributed by atoms with Gasteiger partial charge in [-0.2, -0.15) is 0 Å². The SMILES string of the molecule is CCOc1cc(/C=C2\SC(=O)N(Cc3ccc(F)cc3Cl)C2=O)ccc1OCc1ccccc1[N+](=O)[O-]. The van der Waals surface area contributed by atoms with Crippen LogP contribution >= 0.6 is 23.4 Å². The molecule has 4 rings (SSSR count). The number of nitro benzene ring substituents is 1. The minimum Gasteiger partial charge on any atom is -0.490 e. The second-order valence-corrected chi connectivity index (χ2v) is 9.22. The Kier molecular flexibility index (Phi) is 8.10. The number of hydrogen-bond acceptors (Lipinski definition) is 7. The lowest BCUT2D eigenvalue weighted by atomic mass is 10.1. The van der Waals surface area contributed by atoms with Crippen molar-refractivity contribution in [2.75, 3.05) is 6.61 Å². The summed E-state index contributed by atoms with van der Waals surface area (Å²) in [7, 11) is 0. The van der Waals surface area contributed by atoms with Gasteiger partial charge in [-0.1, -0.05) is 35.9 Å². The number of para-hydroxylation sites is 1. The largest absolute Gasteiger partial charge is 0.490 e. The van der Waals surface area contributed by atoms with Gasteiger partial charge in [0.25, 0.3) is 16.8 Å². The van der Waals surface area contributed by atoms with Crippen molar-refractivity contribution in [3.8, 4) is 11.5 Å². The number of hydrogen-bond donors (Lipinski definition) is 0. The standard InChI is InChI=1S/C26H20ClFN2O6S/c1-2-35-23-11-16(7-10-22(23)36-15-18-5-3-4-6-21(18)30(33)34)12-24-25(31)29(26(32)37-24)14-17-8-9-19(28)13-20(17)27/h3-13H,2,14-15H2,1H3/b24-12-. The molecule has 37 heavy (non-hydrogen) atoms. The van der Waals surface area contributed by atoms with Crippen molar-refractivity contribution in [2.24, 2.45) is 0 Å². The highest BCUT2D eigenvalue weighted by Gasteiger charge is 2.35. The highest BCUT2D eigenvalue weighted by molar-refractivity contribution is 8.18. The van der Waals surface area contributed by atoms with Crippen LogP contribution in [0.4, 0.5) is 14.9 Å². The van der Waals surface area contributed by atoms with Crippen LogP contribution in [-0.2, 0) is 17.9 Å². The molecule has 1 heterocycles. The van der Waals surface area contributed by atoms with Crippen molar-refractivity contribution >= 4 is 46.3 Å². The second kappa shape index (κ2) is 11.4. The van der Waals surface area contributed by atoms with Crippen LogP contribution in [0.2, 0.25) is 5.02 Å². The Bertz CT molecular complexity index is 1410. The number of nitro groups is 1. The molecular formula is C26H20ClFN2O6S. The van der Waals surface area contributed by atoms with Crippen LogP contribution in [0.5, 0.6) is 11.5 Å². The van der Waals surface area contributed by atoms with E-state index in [2.05, 4.69) is 0 Å². The molecule has 1 fully saturated rings. The van der Waals surface area contributed by atoms with Gasteiger partial charge in [-0.25, -0.2) is 4.39 Å². The summed E-state index contributed by atoms with van der Waals surface area (Å²) < 4.78 is 24.8. The molecule has 8 nitrogen and oxygen atoms in total. The maximum Gasteiger partial charge on any atom is 0.293 e. The van der Waals surface area contributed by atoms with E-state index in [4.69, 9.17) is 21.1 Å². The Morgan fingerprint density at radius 1 is 1.05 bits per heavy atom. The fraction of sp³-hybridized carbons (Fsp3) is 0.154. The van der Waals surface area contributed by atoms with Gasteiger partial charge in [0, 0.05) is 11.1 Å². The van der Waals surface area contributed by atoms with E-state index < -0.39 is 21.9 Å². The number of carbonyl (C=O) groups excluding carboxylic acids is 2. The predicted octanol–water partition coefficient (Wildman–Crippen LogP) is 6.60. The fourth-order valence-corrected chi connectivity index (χ4v) is 4.64. The molecule has 0 N–H and O–H groups in total. The first-order valence-corrected chi connectivity index (χ1v) is 12.3. The molecule has 0 saturated carbocycles. The summed E-state index contributed by atoms with van der Waals surface area (Å²) in [5, 5.41) is 10.9. The first-order valence-electron chi connectivity index (χ1n) is 11.1. The Balaban J connectivity index is 1.52. The third kappa shape index (κ3) is 6.10. The van der Waals surface area contributed by atoms with Gasteiger partial charge in [0.2, 0.25) is 0 Å². The van der Waals surface area contributed by atoms with Crippen molar-refractivity contribution in [1.82, 2.24) is 4.90 Å². The summed E-state index contributed by atoms with van der Waals surface area (Å²) in [4.78, 5) is 37.5. The summed E-state index contributed by atoms with van der Waals surface area (Å²) in [6, 6.07) is 15.0. The molecule has 0 bridgehead atoms. The first-order chi connectivity index (χ1) is 17.8. The van der Waals surface area contributed by atoms with Crippen LogP contribution in [0.3, 0.4) is 0 Å². The molecule has 1 saturated heterocycles. The summed E-state index contributed by atoms with van der Waals surface area (Å²) in [6.07, 6.45) is 1.56. The monoisotopic (exact) mass is 542 g/mol. The Morgan fingerprint density at radius 2 is 1.84 bits per heavy atom. The number of thioether (sulfide) groups is 1. The number of carbonyl (C=O) groups is 2. The van der Waals surface area contributed by atoms with Crippen molar-refractivity contribution in [3.63, 3.8) is 0 Å². The molecule has 0 aromatic heterocycles. The van der Waals surface area contributed by atoms with Crippen LogP contribution in [0.1, 0.15) is 23.6 Å². The van der Waals surface area contributed by atoms with E-state index in [9.17, 15) is 24.1 Å². The van der Waals surface area contributed by atoms with Crippen molar-refractivity contribution in [3.05, 3.63) is 103 Å². The topological polar surface area (TPSA) is 99.0 Å². The van der Waals surface area contributed by atoms with E-state index in [1.54, 1.807) is 49.4 Å². The highest BCUT2D eigenvalue weighted by atomic mass is 35.5. The zero-order valence-electron chi connectivity index (χ0n) is 19.5. The summed E-state index contributed by atoms with van der Waals surface area (Å²) in [5.41, 5.74) is 1.40. The van der Waals surface area contributed by atoms with Gasteiger partial charge in [-0.15, -0.1) is 0 Å². The summed E-state index contributed by atoms with van der Waals surface area (Å²) >= 11 is 6.84. The molecule has 1 aliphatic heterocycles. The van der Waals surface area contributed by atoms with Gasteiger partial charge in [0.15, 0.2) is 11.5 Å². The van der Waals surface area contributed by atoms with Crippen LogP contribution in [0.15, 0.2) is 65.6 Å². The van der Waals surface area contributed by atoms with E-state index in [0.717, 1.165) is 22.7 Å². The average molecular weight is 543 g/mol. The molecule has 3 aromatic rings. The number of ether oxygens (including phenoxy) is 2. The maximum absolute atomic E-state index is 13.3. The smallest absolute Gasteiger partial charge is 0.293 e. The second-order valence-electron chi connectivity index (χ2n) is 7.82. The van der Waals surface area contributed by atoms with Gasteiger partial charge in [-0.3, -0.25) is 24.6 Å². The minimum atomic E-state index is -0.512. The minimum absolute atomic E-state index is 0.0403. The van der Waals surface area contributed by atoms with E-state index in [0.29, 0.717) is 34.8 Å². The van der Waals surface area contributed by atoms with E-state index in [-0.39, 0.29) is 28.8 Å². The predicted molar refractivity (Wildman–Crippen MR) is 138 cm³/mol. The average Bonchev–Trinajstić information content (AvgIpc) is 3.12. The Labute approximate surface area is 220 Å². The first kappa shape index (κ1) is 26.2. The van der Waals surface area contributed by atoms with Gasteiger partial charge in [-0.05, 0) is 66.2 Å². The maximum atomic E-state index is 13.3. The molecule has 0 unspecified atom stereocenters. The van der Waals surface area contributed by atoms with Gasteiger partial charge in [0.1, 0.15) is 12.4 Å². The quantitative estimate of drug-likeness (QED) is 0.170.